The summed E-state index contributed by atoms with van der Waals surface area (Å²) in [5.41, 5.74) is -0.253. The van der Waals surface area contributed by atoms with Crippen molar-refractivity contribution in [2.24, 2.45) is 0 Å². The minimum Gasteiger partial charge on any atom is -0.491 e. The van der Waals surface area contributed by atoms with Crippen LogP contribution in [0.5, 0.6) is 5.75 Å². The number of halogens is 4. The molecule has 8 heteroatoms. The molecule has 1 saturated carbocycles. The zero-order chi connectivity index (χ0) is 22.1. The lowest BCUT2D eigenvalue weighted by molar-refractivity contribution is -0.149. The first-order chi connectivity index (χ1) is 14.8. The van der Waals surface area contributed by atoms with Gasteiger partial charge in [-0.25, -0.2) is 0 Å². The summed E-state index contributed by atoms with van der Waals surface area (Å²) < 4.78 is 49.4. The predicted molar refractivity (Wildman–Crippen MR) is 110 cm³/mol. The van der Waals surface area contributed by atoms with Gasteiger partial charge in [-0.1, -0.05) is 30.2 Å². The van der Waals surface area contributed by atoms with E-state index in [1.807, 2.05) is 29.2 Å². The second kappa shape index (κ2) is 8.71. The van der Waals surface area contributed by atoms with Crippen LogP contribution in [0.2, 0.25) is 5.02 Å². The summed E-state index contributed by atoms with van der Waals surface area (Å²) in [7, 11) is 0. The van der Waals surface area contributed by atoms with Crippen LogP contribution < -0.4 is 4.74 Å². The maximum Gasteiger partial charge on any atom is 0.416 e. The highest BCUT2D eigenvalue weighted by Crippen LogP contribution is 2.45. The van der Waals surface area contributed by atoms with Crippen molar-refractivity contribution in [3.63, 3.8) is 0 Å². The SMILES string of the molecule is O=C(N1CCOC(COc2ccc(C(F)(F)F)cc2)C1)C1(c2ccc(Cl)cc2)CCC1. The largest absolute Gasteiger partial charge is 0.491 e. The second-order valence-corrected chi connectivity index (χ2v) is 8.46. The Hall–Kier alpha value is -2.25. The zero-order valence-corrected chi connectivity index (χ0v) is 17.6. The van der Waals surface area contributed by atoms with Crippen LogP contribution in [0.15, 0.2) is 48.5 Å². The van der Waals surface area contributed by atoms with E-state index in [0.717, 1.165) is 37.0 Å². The number of hydrogen-bond acceptors (Lipinski definition) is 3. The number of alkyl halides is 3. The van der Waals surface area contributed by atoms with Crippen molar-refractivity contribution in [1.29, 1.82) is 0 Å². The molecule has 2 aromatic carbocycles. The minimum absolute atomic E-state index is 0.0869. The second-order valence-electron chi connectivity index (χ2n) is 8.02. The average Bonchev–Trinajstić information content (AvgIpc) is 2.72. The van der Waals surface area contributed by atoms with Gasteiger partial charge in [0.05, 0.1) is 24.1 Å². The molecule has 1 aliphatic heterocycles. The normalized spacial score (nSPS) is 20.8. The highest BCUT2D eigenvalue weighted by molar-refractivity contribution is 6.30. The van der Waals surface area contributed by atoms with Crippen LogP contribution >= 0.6 is 11.6 Å². The van der Waals surface area contributed by atoms with Crippen LogP contribution in [0.3, 0.4) is 0 Å². The molecule has 2 aliphatic rings. The number of benzene rings is 2. The lowest BCUT2D eigenvalue weighted by Gasteiger charge is -2.45. The lowest BCUT2D eigenvalue weighted by Crippen LogP contribution is -2.56. The number of morpholine rings is 1. The first-order valence-electron chi connectivity index (χ1n) is 10.2. The molecule has 166 valence electrons. The van der Waals surface area contributed by atoms with Gasteiger partial charge in [0.1, 0.15) is 18.5 Å². The molecule has 0 spiro atoms. The van der Waals surface area contributed by atoms with E-state index in [4.69, 9.17) is 21.1 Å². The molecule has 4 rings (SSSR count). The molecule has 1 aliphatic carbocycles. The molecule has 0 aromatic heterocycles. The Morgan fingerprint density at radius 1 is 1.13 bits per heavy atom. The summed E-state index contributed by atoms with van der Waals surface area (Å²) in [5.74, 6) is 0.417. The standard InChI is InChI=1S/C23H23ClF3NO3/c24-18-6-2-16(3-7-18)22(10-1-11-22)21(29)28-12-13-30-20(14-28)15-31-19-8-4-17(5-9-19)23(25,26)27/h2-9,20H,1,10-15H2. The van der Waals surface area contributed by atoms with E-state index < -0.39 is 17.2 Å². The summed E-state index contributed by atoms with van der Waals surface area (Å²) >= 11 is 6.01. The molecule has 0 radical (unpaired) electrons. The number of carbonyl (C=O) groups excluding carboxylic acids is 1. The third-order valence-electron chi connectivity index (χ3n) is 6.06. The van der Waals surface area contributed by atoms with Gasteiger partial charge < -0.3 is 14.4 Å². The Balaban J connectivity index is 1.38. The number of carbonyl (C=O) groups is 1. The van der Waals surface area contributed by atoms with Gasteiger partial charge in [0, 0.05) is 11.6 Å². The molecule has 1 unspecified atom stereocenters. The van der Waals surface area contributed by atoms with Crippen molar-refractivity contribution in [3.8, 4) is 5.75 Å². The first kappa shape index (κ1) is 22.0. The van der Waals surface area contributed by atoms with Gasteiger partial charge in [-0.2, -0.15) is 13.2 Å². The highest BCUT2D eigenvalue weighted by Gasteiger charge is 2.48. The van der Waals surface area contributed by atoms with Gasteiger partial charge >= 0.3 is 6.18 Å². The highest BCUT2D eigenvalue weighted by atomic mass is 35.5. The Morgan fingerprint density at radius 3 is 2.39 bits per heavy atom. The molecule has 1 atom stereocenters. The summed E-state index contributed by atoms with van der Waals surface area (Å²) in [6.07, 6.45) is -2.12. The molecule has 0 bridgehead atoms. The molecule has 1 heterocycles. The molecule has 1 saturated heterocycles. The van der Waals surface area contributed by atoms with Crippen LogP contribution in [-0.4, -0.2) is 43.2 Å². The monoisotopic (exact) mass is 453 g/mol. The Bertz CT molecular complexity index is 911. The Kier molecular flexibility index (Phi) is 6.17. The van der Waals surface area contributed by atoms with E-state index in [9.17, 15) is 18.0 Å². The van der Waals surface area contributed by atoms with E-state index in [0.29, 0.717) is 30.5 Å². The Labute approximate surface area is 183 Å². The molecular formula is C23H23ClF3NO3. The fraction of sp³-hybridized carbons (Fsp3) is 0.435. The van der Waals surface area contributed by atoms with Crippen LogP contribution in [0.1, 0.15) is 30.4 Å². The molecule has 2 fully saturated rings. The van der Waals surface area contributed by atoms with Gasteiger partial charge in [0.2, 0.25) is 5.91 Å². The van der Waals surface area contributed by atoms with Crippen LogP contribution in [0.4, 0.5) is 13.2 Å². The van der Waals surface area contributed by atoms with E-state index >= 15 is 0 Å². The van der Waals surface area contributed by atoms with Crippen molar-refractivity contribution in [3.05, 3.63) is 64.7 Å². The summed E-state index contributed by atoms with van der Waals surface area (Å²) in [6.45, 7) is 1.44. The van der Waals surface area contributed by atoms with Gasteiger partial charge in [-0.05, 0) is 54.8 Å². The lowest BCUT2D eigenvalue weighted by atomic mass is 9.63. The molecule has 0 N–H and O–H groups in total. The van der Waals surface area contributed by atoms with E-state index in [1.54, 1.807) is 0 Å². The topological polar surface area (TPSA) is 38.8 Å². The smallest absolute Gasteiger partial charge is 0.416 e. The molecule has 2 aromatic rings. The van der Waals surface area contributed by atoms with Crippen molar-refractivity contribution in [2.45, 2.75) is 37.0 Å². The van der Waals surface area contributed by atoms with Crippen molar-refractivity contribution < 1.29 is 27.4 Å². The van der Waals surface area contributed by atoms with Crippen LogP contribution in [-0.2, 0) is 21.1 Å². The summed E-state index contributed by atoms with van der Waals surface area (Å²) in [4.78, 5) is 15.2. The summed E-state index contributed by atoms with van der Waals surface area (Å²) in [6, 6.07) is 12.0. The maximum absolute atomic E-state index is 13.4. The van der Waals surface area contributed by atoms with E-state index in [1.165, 1.54) is 12.1 Å². The fourth-order valence-electron chi connectivity index (χ4n) is 4.16. The fourth-order valence-corrected chi connectivity index (χ4v) is 4.29. The van der Waals surface area contributed by atoms with Crippen molar-refractivity contribution in [1.82, 2.24) is 4.90 Å². The van der Waals surface area contributed by atoms with Crippen LogP contribution in [0.25, 0.3) is 0 Å². The van der Waals surface area contributed by atoms with E-state index in [-0.39, 0.29) is 18.6 Å². The quantitative estimate of drug-likeness (QED) is 0.633. The number of ether oxygens (including phenoxy) is 2. The number of hydrogen-bond donors (Lipinski definition) is 0. The molecule has 1 amide bonds. The minimum atomic E-state index is -4.38. The predicted octanol–water partition coefficient (Wildman–Crippen LogP) is 5.09. The molecular weight excluding hydrogens is 431 g/mol. The molecule has 4 nitrogen and oxygen atoms in total. The van der Waals surface area contributed by atoms with Gasteiger partial charge in [-0.15, -0.1) is 0 Å². The van der Waals surface area contributed by atoms with Crippen molar-refractivity contribution in [2.75, 3.05) is 26.3 Å². The number of nitrogens with zero attached hydrogens (tertiary/aromatic N) is 1. The Morgan fingerprint density at radius 2 is 1.81 bits per heavy atom. The first-order valence-corrected chi connectivity index (χ1v) is 10.6. The molecule has 31 heavy (non-hydrogen) atoms. The zero-order valence-electron chi connectivity index (χ0n) is 16.8. The van der Waals surface area contributed by atoms with Crippen LogP contribution in [0, 0.1) is 0 Å². The van der Waals surface area contributed by atoms with Gasteiger partial charge in [0.15, 0.2) is 0 Å². The number of amides is 1. The summed E-state index contributed by atoms with van der Waals surface area (Å²) in [5, 5.41) is 0.637. The number of rotatable bonds is 5. The van der Waals surface area contributed by atoms with E-state index in [2.05, 4.69) is 0 Å². The third kappa shape index (κ3) is 4.67. The van der Waals surface area contributed by atoms with Gasteiger partial charge in [0.25, 0.3) is 0 Å². The maximum atomic E-state index is 13.4. The van der Waals surface area contributed by atoms with Gasteiger partial charge in [-0.3, -0.25) is 4.79 Å². The average molecular weight is 454 g/mol. The van der Waals surface area contributed by atoms with Crippen molar-refractivity contribution >= 4 is 17.5 Å². The third-order valence-corrected chi connectivity index (χ3v) is 6.31.